The number of unbranched alkanes of at least 4 members (excludes halogenated alkanes) is 2. The van der Waals surface area contributed by atoms with Crippen LogP contribution in [0.3, 0.4) is 0 Å². The van der Waals surface area contributed by atoms with Crippen molar-refractivity contribution in [1.82, 2.24) is 15.1 Å². The Morgan fingerprint density at radius 2 is 2.10 bits per heavy atom. The van der Waals surface area contributed by atoms with Crippen LogP contribution >= 0.6 is 10.7 Å². The summed E-state index contributed by atoms with van der Waals surface area (Å²) in [6, 6.07) is 0. The predicted molar refractivity (Wildman–Crippen MR) is 80.1 cm³/mol. The van der Waals surface area contributed by atoms with Gasteiger partial charge in [0.1, 0.15) is 4.90 Å². The summed E-state index contributed by atoms with van der Waals surface area (Å²) in [5, 5.41) is 6.60. The number of aromatic nitrogens is 2. The van der Waals surface area contributed by atoms with Crippen molar-refractivity contribution < 1.29 is 13.2 Å². The van der Waals surface area contributed by atoms with E-state index in [0.717, 1.165) is 32.1 Å². The highest BCUT2D eigenvalue weighted by molar-refractivity contribution is 8.13. The molecule has 1 amide bonds. The molecule has 0 saturated heterocycles. The molecule has 0 unspecified atom stereocenters. The van der Waals surface area contributed by atoms with Crippen molar-refractivity contribution in [3.8, 4) is 0 Å². The summed E-state index contributed by atoms with van der Waals surface area (Å²) >= 11 is 0. The Morgan fingerprint density at radius 1 is 1.43 bits per heavy atom. The first-order chi connectivity index (χ1) is 9.86. The van der Waals surface area contributed by atoms with E-state index in [9.17, 15) is 13.2 Å². The van der Waals surface area contributed by atoms with Crippen molar-refractivity contribution in [1.29, 1.82) is 0 Å². The summed E-state index contributed by atoms with van der Waals surface area (Å²) in [6.07, 6.45) is 4.73. The second kappa shape index (κ2) is 6.36. The Labute approximate surface area is 129 Å². The summed E-state index contributed by atoms with van der Waals surface area (Å²) < 4.78 is 23.6. The highest BCUT2D eigenvalue weighted by atomic mass is 35.7. The molecule has 1 aliphatic rings. The van der Waals surface area contributed by atoms with Gasteiger partial charge in [0.15, 0.2) is 5.69 Å². The van der Waals surface area contributed by atoms with Crippen molar-refractivity contribution in [2.75, 3.05) is 13.6 Å². The summed E-state index contributed by atoms with van der Waals surface area (Å²) in [5.74, 6) is -0.290. The molecular formula is C13H20ClN3O3S. The molecule has 1 fully saturated rings. The number of aromatic amines is 1. The normalized spacial score (nSPS) is 15.2. The predicted octanol–water partition coefficient (Wildman–Crippen LogP) is 2.48. The topological polar surface area (TPSA) is 83.1 Å². The average Bonchev–Trinajstić information content (AvgIpc) is 3.15. The van der Waals surface area contributed by atoms with Crippen LogP contribution in [0.4, 0.5) is 0 Å². The minimum absolute atomic E-state index is 0.0918. The third-order valence-corrected chi connectivity index (χ3v) is 4.99. The van der Waals surface area contributed by atoms with Gasteiger partial charge in [-0.3, -0.25) is 9.89 Å². The van der Waals surface area contributed by atoms with Gasteiger partial charge < -0.3 is 4.90 Å². The maximum absolute atomic E-state index is 12.4. The lowest BCUT2D eigenvalue weighted by atomic mass is 10.2. The van der Waals surface area contributed by atoms with Gasteiger partial charge in [-0.15, -0.1) is 0 Å². The number of hydrogen-bond donors (Lipinski definition) is 1. The monoisotopic (exact) mass is 333 g/mol. The lowest BCUT2D eigenvalue weighted by Gasteiger charge is -2.16. The SMILES string of the molecule is CCCCCN(C)C(=O)c1n[nH]c(C2CC2)c1S(=O)(=O)Cl. The smallest absolute Gasteiger partial charge is 0.275 e. The summed E-state index contributed by atoms with van der Waals surface area (Å²) in [6.45, 7) is 2.65. The van der Waals surface area contributed by atoms with Crippen LogP contribution in [0.2, 0.25) is 0 Å². The number of halogens is 1. The van der Waals surface area contributed by atoms with E-state index in [-0.39, 0.29) is 16.5 Å². The highest BCUT2D eigenvalue weighted by Gasteiger charge is 2.37. The molecule has 2 rings (SSSR count). The van der Waals surface area contributed by atoms with Crippen LogP contribution in [0.15, 0.2) is 4.90 Å². The van der Waals surface area contributed by atoms with Gasteiger partial charge in [0.05, 0.1) is 5.69 Å². The minimum Gasteiger partial charge on any atom is -0.340 e. The van der Waals surface area contributed by atoms with E-state index < -0.39 is 15.0 Å². The van der Waals surface area contributed by atoms with Gasteiger partial charge >= 0.3 is 0 Å². The molecule has 1 aliphatic carbocycles. The van der Waals surface area contributed by atoms with E-state index in [1.165, 1.54) is 4.90 Å². The van der Waals surface area contributed by atoms with Crippen molar-refractivity contribution in [2.45, 2.75) is 49.8 Å². The Balaban J connectivity index is 2.25. The molecule has 1 saturated carbocycles. The number of rotatable bonds is 7. The van der Waals surface area contributed by atoms with Crippen LogP contribution < -0.4 is 0 Å². The molecule has 0 atom stereocenters. The van der Waals surface area contributed by atoms with Gasteiger partial charge in [-0.1, -0.05) is 19.8 Å². The average molecular weight is 334 g/mol. The Bertz CT molecular complexity index is 623. The molecule has 21 heavy (non-hydrogen) atoms. The van der Waals surface area contributed by atoms with E-state index in [2.05, 4.69) is 17.1 Å². The first kappa shape index (κ1) is 16.3. The van der Waals surface area contributed by atoms with Crippen LogP contribution in [-0.4, -0.2) is 43.0 Å². The van der Waals surface area contributed by atoms with Crippen molar-refractivity contribution in [3.05, 3.63) is 11.4 Å². The molecule has 0 aromatic carbocycles. The fraction of sp³-hybridized carbons (Fsp3) is 0.692. The summed E-state index contributed by atoms with van der Waals surface area (Å²) in [4.78, 5) is 13.7. The number of H-pyrrole nitrogens is 1. The van der Waals surface area contributed by atoms with Crippen molar-refractivity contribution >= 4 is 25.6 Å². The number of carbonyl (C=O) groups is 1. The third kappa shape index (κ3) is 3.77. The van der Waals surface area contributed by atoms with Crippen molar-refractivity contribution in [2.24, 2.45) is 0 Å². The van der Waals surface area contributed by atoms with E-state index in [1.54, 1.807) is 7.05 Å². The van der Waals surface area contributed by atoms with E-state index in [4.69, 9.17) is 10.7 Å². The molecule has 6 nitrogen and oxygen atoms in total. The summed E-state index contributed by atoms with van der Waals surface area (Å²) in [7, 11) is 3.15. The van der Waals surface area contributed by atoms with E-state index in [1.807, 2.05) is 0 Å². The zero-order chi connectivity index (χ0) is 15.6. The second-order valence-corrected chi connectivity index (χ2v) is 7.96. The summed E-state index contributed by atoms with van der Waals surface area (Å²) in [5.41, 5.74) is 0.376. The lowest BCUT2D eigenvalue weighted by Crippen LogP contribution is -2.29. The zero-order valence-corrected chi connectivity index (χ0v) is 13.8. The zero-order valence-electron chi connectivity index (χ0n) is 12.2. The molecule has 8 heteroatoms. The number of nitrogens with zero attached hydrogens (tertiary/aromatic N) is 2. The lowest BCUT2D eigenvalue weighted by molar-refractivity contribution is 0.0783. The molecule has 118 valence electrons. The highest BCUT2D eigenvalue weighted by Crippen LogP contribution is 2.43. The number of amides is 1. The maximum atomic E-state index is 12.4. The molecule has 0 spiro atoms. The number of nitrogens with one attached hydrogen (secondary N) is 1. The molecule has 1 aromatic rings. The first-order valence-electron chi connectivity index (χ1n) is 7.14. The molecular weight excluding hydrogens is 314 g/mol. The fourth-order valence-corrected chi connectivity index (χ4v) is 3.57. The van der Waals surface area contributed by atoms with Gasteiger partial charge in [-0.25, -0.2) is 8.42 Å². The van der Waals surface area contributed by atoms with Crippen LogP contribution in [0.5, 0.6) is 0 Å². The molecule has 1 heterocycles. The van der Waals surface area contributed by atoms with Gasteiger partial charge in [-0.05, 0) is 19.3 Å². The number of carbonyl (C=O) groups excluding carboxylic acids is 1. The largest absolute Gasteiger partial charge is 0.340 e. The standard InChI is InChI=1S/C13H20ClN3O3S/c1-3-4-5-8-17(2)13(18)11-12(21(14,19)20)10(15-16-11)9-6-7-9/h9H,3-8H2,1-2H3,(H,15,16). The first-order valence-corrected chi connectivity index (χ1v) is 9.45. The van der Waals surface area contributed by atoms with Gasteiger partial charge in [0.2, 0.25) is 0 Å². The van der Waals surface area contributed by atoms with Crippen LogP contribution in [0.1, 0.15) is 61.1 Å². The van der Waals surface area contributed by atoms with E-state index in [0.29, 0.717) is 12.2 Å². The van der Waals surface area contributed by atoms with E-state index >= 15 is 0 Å². The van der Waals surface area contributed by atoms with Crippen LogP contribution in [-0.2, 0) is 9.05 Å². The Morgan fingerprint density at radius 3 is 2.62 bits per heavy atom. The maximum Gasteiger partial charge on any atom is 0.275 e. The molecule has 0 aliphatic heterocycles. The van der Waals surface area contributed by atoms with Gasteiger partial charge in [0, 0.05) is 30.2 Å². The molecule has 1 aromatic heterocycles. The Kier molecular flexibility index (Phi) is 4.93. The molecule has 0 bridgehead atoms. The third-order valence-electron chi connectivity index (χ3n) is 3.62. The van der Waals surface area contributed by atoms with Gasteiger partial charge in [0.25, 0.3) is 15.0 Å². The molecule has 0 radical (unpaired) electrons. The second-order valence-electron chi connectivity index (χ2n) is 5.46. The quantitative estimate of drug-likeness (QED) is 0.613. The van der Waals surface area contributed by atoms with Gasteiger partial charge in [-0.2, -0.15) is 5.10 Å². The van der Waals surface area contributed by atoms with Crippen LogP contribution in [0.25, 0.3) is 0 Å². The number of hydrogen-bond acceptors (Lipinski definition) is 4. The molecule has 1 N–H and O–H groups in total. The fourth-order valence-electron chi connectivity index (χ4n) is 2.27. The van der Waals surface area contributed by atoms with Crippen LogP contribution in [0, 0.1) is 0 Å². The Hall–Kier alpha value is -1.08. The van der Waals surface area contributed by atoms with Crippen molar-refractivity contribution in [3.63, 3.8) is 0 Å². The minimum atomic E-state index is -4.00.